The standard InChI is InChI=1S/C71H48N2/c1-3-19-47(20-4-1)52-41-53(48-21-5-2-6-22-48)44-56(43-52)73-69-34-18-13-29-62(69)63-45-51(36-40-70(63)73)57-25-12-17-33-68(57)72(54-37-35-49-23-7-8-24-50(49)42-54)55-38-39-61-60-28-11-16-32-66(60)71(67(61)46-55)64-30-14-9-26-58(64)59-27-10-15-31-65(59)71/h1-21,23-46,48H,22H2. The lowest BCUT2D eigenvalue weighted by Gasteiger charge is -2.32. The molecule has 1 heterocycles. The molecule has 12 aromatic rings. The second kappa shape index (κ2) is 16.4. The van der Waals surface area contributed by atoms with Crippen LogP contribution in [0.2, 0.25) is 0 Å². The third kappa shape index (κ3) is 6.30. The lowest BCUT2D eigenvalue weighted by molar-refractivity contribution is 0.793. The van der Waals surface area contributed by atoms with Gasteiger partial charge < -0.3 is 9.47 Å². The maximum atomic E-state index is 2.51. The number of fused-ring (bicyclic) bond motifs is 14. The number of hydrogen-bond acceptors (Lipinski definition) is 1. The van der Waals surface area contributed by atoms with E-state index in [1.54, 1.807) is 0 Å². The van der Waals surface area contributed by atoms with Gasteiger partial charge in [0.25, 0.3) is 0 Å². The molecule has 0 fully saturated rings. The molecule has 11 aromatic carbocycles. The number of para-hydroxylation sites is 2. The molecule has 1 spiro atoms. The van der Waals surface area contributed by atoms with Gasteiger partial charge in [-0.05, 0) is 145 Å². The van der Waals surface area contributed by atoms with Crippen molar-refractivity contribution < 1.29 is 0 Å². The van der Waals surface area contributed by atoms with Crippen LogP contribution in [0.25, 0.3) is 82.8 Å². The van der Waals surface area contributed by atoms with Gasteiger partial charge in [-0.1, -0.05) is 212 Å². The van der Waals surface area contributed by atoms with Crippen molar-refractivity contribution in [2.75, 3.05) is 4.90 Å². The van der Waals surface area contributed by atoms with Crippen LogP contribution in [0.4, 0.5) is 17.1 Å². The third-order valence-corrected chi connectivity index (χ3v) is 16.1. The lowest BCUT2D eigenvalue weighted by Crippen LogP contribution is -2.26. The van der Waals surface area contributed by atoms with Crippen molar-refractivity contribution in [3.63, 3.8) is 0 Å². The topological polar surface area (TPSA) is 8.17 Å². The van der Waals surface area contributed by atoms with Gasteiger partial charge in [-0.2, -0.15) is 0 Å². The molecule has 0 saturated carbocycles. The molecule has 15 rings (SSSR count). The van der Waals surface area contributed by atoms with E-state index in [2.05, 4.69) is 282 Å². The molecule has 0 radical (unpaired) electrons. The highest BCUT2D eigenvalue weighted by atomic mass is 15.1. The monoisotopic (exact) mass is 928 g/mol. The molecular weight excluding hydrogens is 881 g/mol. The summed E-state index contributed by atoms with van der Waals surface area (Å²) in [6.07, 6.45) is 9.97. The van der Waals surface area contributed by atoms with Crippen molar-refractivity contribution in [2.45, 2.75) is 17.8 Å². The summed E-state index contributed by atoms with van der Waals surface area (Å²) in [6.45, 7) is 0. The zero-order valence-corrected chi connectivity index (χ0v) is 40.2. The molecular formula is C71H48N2. The predicted octanol–water partition coefficient (Wildman–Crippen LogP) is 18.7. The van der Waals surface area contributed by atoms with Crippen LogP contribution < -0.4 is 4.90 Å². The maximum absolute atomic E-state index is 2.51. The van der Waals surface area contributed by atoms with Gasteiger partial charge in [-0.25, -0.2) is 0 Å². The summed E-state index contributed by atoms with van der Waals surface area (Å²) >= 11 is 0. The largest absolute Gasteiger partial charge is 0.310 e. The molecule has 1 unspecified atom stereocenters. The number of rotatable bonds is 7. The lowest BCUT2D eigenvalue weighted by atomic mass is 9.70. The van der Waals surface area contributed by atoms with Gasteiger partial charge in [0, 0.05) is 39.3 Å². The van der Waals surface area contributed by atoms with Crippen molar-refractivity contribution in [3.8, 4) is 50.2 Å². The molecule has 2 heteroatoms. The van der Waals surface area contributed by atoms with Gasteiger partial charge in [0.15, 0.2) is 0 Å². The summed E-state index contributed by atoms with van der Waals surface area (Å²) in [6, 6.07) is 93.2. The number of aromatic nitrogens is 1. The average Bonchev–Trinajstić information content (AvgIpc) is 4.07. The minimum Gasteiger partial charge on any atom is -0.310 e. The SMILES string of the molecule is C1=CCC(c2cc(-c3ccccc3)cc(-n3c4ccccc4c4cc(-c5ccccc5N(c5ccc6c(c5)C5(c7ccccc7-c7ccccc75)c5ccccc5-6)c5ccc6ccccc6c5)ccc43)c2)C=C1. The minimum absolute atomic E-state index is 0.311. The second-order valence-corrected chi connectivity index (χ2v) is 19.9. The van der Waals surface area contributed by atoms with E-state index in [9.17, 15) is 0 Å². The van der Waals surface area contributed by atoms with Crippen LogP contribution >= 0.6 is 0 Å². The number of benzene rings is 11. The van der Waals surface area contributed by atoms with Gasteiger partial charge in [0.05, 0.1) is 22.1 Å². The summed E-state index contributed by atoms with van der Waals surface area (Å²) in [5.41, 5.74) is 23.1. The highest BCUT2D eigenvalue weighted by Crippen LogP contribution is 2.63. The van der Waals surface area contributed by atoms with Crippen LogP contribution in [0.3, 0.4) is 0 Å². The average molecular weight is 929 g/mol. The molecule has 0 aliphatic heterocycles. The Bertz CT molecular complexity index is 4200. The first-order chi connectivity index (χ1) is 36.2. The van der Waals surface area contributed by atoms with E-state index in [4.69, 9.17) is 0 Å². The fourth-order valence-corrected chi connectivity index (χ4v) is 12.9. The fourth-order valence-electron chi connectivity index (χ4n) is 12.9. The molecule has 0 bridgehead atoms. The van der Waals surface area contributed by atoms with Gasteiger partial charge in [-0.15, -0.1) is 0 Å². The zero-order chi connectivity index (χ0) is 48.0. The van der Waals surface area contributed by atoms with Gasteiger partial charge in [0.2, 0.25) is 0 Å². The predicted molar refractivity (Wildman–Crippen MR) is 306 cm³/mol. The smallest absolute Gasteiger partial charge is 0.0726 e. The number of nitrogens with zero attached hydrogens (tertiary/aromatic N) is 2. The Morgan fingerprint density at radius 3 is 1.75 bits per heavy atom. The minimum atomic E-state index is -0.464. The van der Waals surface area contributed by atoms with Crippen LogP contribution in [0.5, 0.6) is 0 Å². The number of hydrogen-bond donors (Lipinski definition) is 0. The van der Waals surface area contributed by atoms with Crippen molar-refractivity contribution in [2.24, 2.45) is 0 Å². The Kier molecular flexibility index (Phi) is 9.34. The molecule has 0 saturated heterocycles. The second-order valence-electron chi connectivity index (χ2n) is 19.9. The summed E-state index contributed by atoms with van der Waals surface area (Å²) in [5, 5.41) is 4.88. The van der Waals surface area contributed by atoms with Crippen LogP contribution in [0.15, 0.2) is 273 Å². The van der Waals surface area contributed by atoms with E-state index in [0.717, 1.165) is 29.0 Å². The number of anilines is 3. The van der Waals surface area contributed by atoms with E-state index in [1.807, 2.05) is 0 Å². The van der Waals surface area contributed by atoms with Crippen molar-refractivity contribution >= 4 is 49.6 Å². The Hall–Kier alpha value is -9.24. The quantitative estimate of drug-likeness (QED) is 0.155. The Balaban J connectivity index is 0.936. The molecule has 3 aliphatic rings. The fraction of sp³-hybridized carbons (Fsp3) is 0.0423. The zero-order valence-electron chi connectivity index (χ0n) is 40.2. The molecule has 1 aromatic heterocycles. The van der Waals surface area contributed by atoms with E-state index in [-0.39, 0.29) is 0 Å². The highest BCUT2D eigenvalue weighted by molar-refractivity contribution is 6.11. The van der Waals surface area contributed by atoms with Crippen molar-refractivity contribution in [1.29, 1.82) is 0 Å². The molecule has 0 amide bonds. The van der Waals surface area contributed by atoms with Gasteiger partial charge >= 0.3 is 0 Å². The van der Waals surface area contributed by atoms with E-state index < -0.39 is 5.41 Å². The van der Waals surface area contributed by atoms with E-state index in [1.165, 1.54) is 105 Å². The summed E-state index contributed by atoms with van der Waals surface area (Å²) < 4.78 is 2.48. The Morgan fingerprint density at radius 1 is 0.384 bits per heavy atom. The maximum Gasteiger partial charge on any atom is 0.0726 e. The van der Waals surface area contributed by atoms with Crippen LogP contribution in [0.1, 0.15) is 40.2 Å². The van der Waals surface area contributed by atoms with E-state index >= 15 is 0 Å². The highest BCUT2D eigenvalue weighted by Gasteiger charge is 2.51. The molecule has 2 nitrogen and oxygen atoms in total. The summed E-state index contributed by atoms with van der Waals surface area (Å²) in [7, 11) is 0. The van der Waals surface area contributed by atoms with Gasteiger partial charge in [-0.3, -0.25) is 0 Å². The molecule has 0 N–H and O–H groups in total. The van der Waals surface area contributed by atoms with Crippen LogP contribution in [0, 0.1) is 0 Å². The third-order valence-electron chi connectivity index (χ3n) is 16.1. The van der Waals surface area contributed by atoms with Crippen LogP contribution in [-0.2, 0) is 5.41 Å². The first kappa shape index (κ1) is 41.5. The summed E-state index contributed by atoms with van der Waals surface area (Å²) in [4.78, 5) is 2.50. The molecule has 3 aliphatic carbocycles. The molecule has 73 heavy (non-hydrogen) atoms. The Morgan fingerprint density at radius 2 is 1.00 bits per heavy atom. The van der Waals surface area contributed by atoms with Crippen molar-refractivity contribution in [3.05, 3.63) is 301 Å². The first-order valence-corrected chi connectivity index (χ1v) is 25.6. The molecule has 1 atom stereocenters. The van der Waals surface area contributed by atoms with Crippen molar-refractivity contribution in [1.82, 2.24) is 4.57 Å². The van der Waals surface area contributed by atoms with Crippen LogP contribution in [-0.4, -0.2) is 4.57 Å². The number of allylic oxidation sites excluding steroid dienone is 4. The summed E-state index contributed by atoms with van der Waals surface area (Å²) in [5.74, 6) is 0.311. The first-order valence-electron chi connectivity index (χ1n) is 25.6. The van der Waals surface area contributed by atoms with Gasteiger partial charge in [0.1, 0.15) is 0 Å². The normalized spacial score (nSPS) is 14.7. The molecule has 342 valence electrons. The van der Waals surface area contributed by atoms with E-state index in [0.29, 0.717) is 5.92 Å². The Labute approximate surface area is 425 Å².